The van der Waals surface area contributed by atoms with Gasteiger partial charge in [-0.25, -0.2) is 0 Å². The number of hydrogen-bond acceptors (Lipinski definition) is 6. The molecule has 1 heterocycles. The van der Waals surface area contributed by atoms with Crippen LogP contribution in [0.5, 0.6) is 0 Å². The third kappa shape index (κ3) is 8.28. The molecule has 9 heteroatoms. The Hall–Kier alpha value is -2.94. The largest absolute Gasteiger partial charge is 0.395 e. The van der Waals surface area contributed by atoms with Crippen molar-refractivity contribution in [1.82, 2.24) is 19.9 Å². The minimum Gasteiger partial charge on any atom is -0.395 e. The van der Waals surface area contributed by atoms with Gasteiger partial charge in [-0.1, -0.05) is 77.3 Å². The van der Waals surface area contributed by atoms with Crippen LogP contribution < -0.4 is 16.4 Å². The second-order valence-electron chi connectivity index (χ2n) is 11.1. The Balaban J connectivity index is 1.88. The van der Waals surface area contributed by atoms with E-state index in [9.17, 15) is 14.4 Å². The molecule has 2 aromatic rings. The highest BCUT2D eigenvalue weighted by atomic mass is 32.1. The number of nitrogens with zero attached hydrogens (tertiary/aromatic N) is 2. The fraction of sp³-hybridized carbons (Fsp3) is 0.586. The minimum absolute atomic E-state index is 0.0786. The highest BCUT2D eigenvalue weighted by Crippen LogP contribution is 2.27. The smallest absolute Gasteiger partial charge is 0.273 e. The van der Waals surface area contributed by atoms with Gasteiger partial charge in [0, 0.05) is 19.1 Å². The molecule has 8 nitrogen and oxygen atoms in total. The normalized spacial score (nSPS) is 14.9. The Kier molecular flexibility index (Phi) is 11.1. The molecule has 1 aromatic carbocycles. The molecule has 1 aromatic heterocycles. The predicted molar refractivity (Wildman–Crippen MR) is 153 cm³/mol. The van der Waals surface area contributed by atoms with Crippen molar-refractivity contribution in [2.45, 2.75) is 91.3 Å². The topological polar surface area (TPSA) is 117 Å². The van der Waals surface area contributed by atoms with Crippen molar-refractivity contribution in [3.8, 4) is 0 Å². The van der Waals surface area contributed by atoms with Crippen molar-refractivity contribution in [3.63, 3.8) is 0 Å². The van der Waals surface area contributed by atoms with Gasteiger partial charge in [0.2, 0.25) is 5.91 Å². The van der Waals surface area contributed by atoms with Gasteiger partial charge in [0.25, 0.3) is 11.8 Å². The van der Waals surface area contributed by atoms with Gasteiger partial charge in [-0.3, -0.25) is 14.4 Å². The first-order valence-corrected chi connectivity index (χ1v) is 14.6. The quantitative estimate of drug-likeness (QED) is 0.349. The number of aromatic nitrogens is 1. The number of hydrogen-bond donors (Lipinski definition) is 3. The Morgan fingerprint density at radius 3 is 2.37 bits per heavy atom. The lowest BCUT2D eigenvalue weighted by Gasteiger charge is -2.32. The standard InChI is InChI=1S/C29H43N5O3S/c1-19(2)15-16-31-27(35)23(17-20(3)4)34(18-21-11-7-5-8-12-21)29(37)26-24(30)25(33-38-26)28(36)32-22-13-9-6-10-14-22/h5,7-8,11-12,19-20,22-23H,6,9-10,13-18,30H2,1-4H3,(H,31,35)(H,32,36). The van der Waals surface area contributed by atoms with Crippen LogP contribution in [0.1, 0.15) is 98.4 Å². The summed E-state index contributed by atoms with van der Waals surface area (Å²) in [7, 11) is 0. The van der Waals surface area contributed by atoms with Gasteiger partial charge in [-0.2, -0.15) is 4.37 Å². The molecular formula is C29H43N5O3S. The number of nitrogens with one attached hydrogen (secondary N) is 2. The molecule has 38 heavy (non-hydrogen) atoms. The SMILES string of the molecule is CC(C)CCNC(=O)C(CC(C)C)N(Cc1ccccc1)C(=O)c1snc(C(=O)NC2CCCCC2)c1N. The molecule has 1 aliphatic carbocycles. The Bertz CT molecular complexity index is 1060. The lowest BCUT2D eigenvalue weighted by molar-refractivity contribution is -0.126. The number of nitrogen functional groups attached to an aromatic ring is 1. The zero-order chi connectivity index (χ0) is 27.7. The molecule has 3 rings (SSSR count). The maximum atomic E-state index is 14.0. The van der Waals surface area contributed by atoms with Crippen LogP contribution in [0, 0.1) is 11.8 Å². The first-order chi connectivity index (χ1) is 18.2. The number of amides is 3. The van der Waals surface area contributed by atoms with Gasteiger partial charge in [0.15, 0.2) is 5.69 Å². The monoisotopic (exact) mass is 541 g/mol. The van der Waals surface area contributed by atoms with Gasteiger partial charge in [-0.15, -0.1) is 0 Å². The summed E-state index contributed by atoms with van der Waals surface area (Å²) in [5, 5.41) is 6.07. The van der Waals surface area contributed by atoms with Gasteiger partial charge >= 0.3 is 0 Å². The average Bonchev–Trinajstić information content (AvgIpc) is 3.27. The maximum absolute atomic E-state index is 14.0. The zero-order valence-corrected chi connectivity index (χ0v) is 24.0. The molecule has 208 valence electrons. The van der Waals surface area contributed by atoms with E-state index in [1.165, 1.54) is 6.42 Å². The van der Waals surface area contributed by atoms with E-state index in [-0.39, 0.29) is 52.5 Å². The van der Waals surface area contributed by atoms with Crippen molar-refractivity contribution < 1.29 is 14.4 Å². The van der Waals surface area contributed by atoms with E-state index in [0.29, 0.717) is 18.9 Å². The molecule has 0 aliphatic heterocycles. The zero-order valence-electron chi connectivity index (χ0n) is 23.2. The van der Waals surface area contributed by atoms with Crippen molar-refractivity contribution in [2.24, 2.45) is 11.8 Å². The average molecular weight is 542 g/mol. The lowest BCUT2D eigenvalue weighted by atomic mass is 9.95. The van der Waals surface area contributed by atoms with E-state index in [1.807, 2.05) is 44.2 Å². The Labute approximate surface area is 230 Å². The number of carbonyl (C=O) groups is 3. The van der Waals surface area contributed by atoms with Crippen LogP contribution in [-0.2, 0) is 11.3 Å². The van der Waals surface area contributed by atoms with Crippen molar-refractivity contribution in [3.05, 3.63) is 46.5 Å². The van der Waals surface area contributed by atoms with Crippen molar-refractivity contribution in [2.75, 3.05) is 12.3 Å². The van der Waals surface area contributed by atoms with Crippen molar-refractivity contribution in [1.29, 1.82) is 0 Å². The first kappa shape index (κ1) is 29.6. The second-order valence-corrected chi connectivity index (χ2v) is 11.9. The summed E-state index contributed by atoms with van der Waals surface area (Å²) in [6.07, 6.45) is 6.60. The van der Waals surface area contributed by atoms with E-state index in [1.54, 1.807) is 4.90 Å². The summed E-state index contributed by atoms with van der Waals surface area (Å²) in [4.78, 5) is 42.2. The third-order valence-corrected chi connectivity index (χ3v) is 7.78. The Morgan fingerprint density at radius 2 is 1.74 bits per heavy atom. The number of carbonyl (C=O) groups excluding carboxylic acids is 3. The van der Waals surface area contributed by atoms with E-state index in [0.717, 1.165) is 49.2 Å². The fourth-order valence-corrected chi connectivity index (χ4v) is 5.53. The van der Waals surface area contributed by atoms with Gasteiger partial charge < -0.3 is 21.3 Å². The van der Waals surface area contributed by atoms with Crippen LogP contribution in [0.25, 0.3) is 0 Å². The molecule has 1 saturated carbocycles. The fourth-order valence-electron chi connectivity index (χ4n) is 4.77. The van der Waals surface area contributed by atoms with Gasteiger partial charge in [0.1, 0.15) is 10.9 Å². The van der Waals surface area contributed by atoms with Gasteiger partial charge in [-0.05, 0) is 54.6 Å². The van der Waals surface area contributed by atoms with Crippen LogP contribution in [0.2, 0.25) is 0 Å². The molecular weight excluding hydrogens is 498 g/mol. The molecule has 0 saturated heterocycles. The first-order valence-electron chi connectivity index (χ1n) is 13.9. The number of benzene rings is 1. The molecule has 3 amide bonds. The maximum Gasteiger partial charge on any atom is 0.273 e. The Morgan fingerprint density at radius 1 is 1.05 bits per heavy atom. The third-order valence-electron chi connectivity index (χ3n) is 6.93. The summed E-state index contributed by atoms with van der Waals surface area (Å²) in [5.41, 5.74) is 7.44. The molecule has 4 N–H and O–H groups in total. The van der Waals surface area contributed by atoms with Crippen LogP contribution in [0.15, 0.2) is 30.3 Å². The molecule has 1 fully saturated rings. The summed E-state index contributed by atoms with van der Waals surface area (Å²) >= 11 is 0.925. The van der Waals surface area contributed by atoms with E-state index >= 15 is 0 Å². The van der Waals surface area contributed by atoms with E-state index in [4.69, 9.17) is 5.73 Å². The highest BCUT2D eigenvalue weighted by molar-refractivity contribution is 7.09. The number of nitrogens with two attached hydrogens (primary N) is 1. The summed E-state index contributed by atoms with van der Waals surface area (Å²) < 4.78 is 4.28. The van der Waals surface area contributed by atoms with Crippen LogP contribution >= 0.6 is 11.5 Å². The summed E-state index contributed by atoms with van der Waals surface area (Å²) in [6, 6.07) is 9.02. The predicted octanol–water partition coefficient (Wildman–Crippen LogP) is 5.01. The van der Waals surface area contributed by atoms with Crippen LogP contribution in [0.3, 0.4) is 0 Å². The summed E-state index contributed by atoms with van der Waals surface area (Å²) in [6.45, 7) is 9.08. The highest BCUT2D eigenvalue weighted by Gasteiger charge is 2.34. The number of rotatable bonds is 12. The molecule has 1 aliphatic rings. The summed E-state index contributed by atoms with van der Waals surface area (Å²) in [5.74, 6) is -0.273. The van der Waals surface area contributed by atoms with E-state index in [2.05, 4.69) is 28.9 Å². The molecule has 0 bridgehead atoms. The van der Waals surface area contributed by atoms with Crippen LogP contribution in [0.4, 0.5) is 5.69 Å². The molecule has 0 spiro atoms. The lowest BCUT2D eigenvalue weighted by Crippen LogP contribution is -2.50. The minimum atomic E-state index is -0.684. The molecule has 1 atom stereocenters. The van der Waals surface area contributed by atoms with Crippen LogP contribution in [-0.4, -0.2) is 45.6 Å². The molecule has 1 unspecified atom stereocenters. The van der Waals surface area contributed by atoms with E-state index < -0.39 is 6.04 Å². The number of anilines is 1. The van der Waals surface area contributed by atoms with Gasteiger partial charge in [0.05, 0.1) is 5.69 Å². The van der Waals surface area contributed by atoms with Crippen molar-refractivity contribution >= 4 is 34.9 Å². The molecule has 0 radical (unpaired) electrons. The second kappa shape index (κ2) is 14.3.